The number of carbonyl (C=O) groups excluding carboxylic acids is 1. The SMILES string of the molecule is O=CN[C@@]12Cc3c(n(CCCF)c4ccccc34)[C@@H]3Oc4c(O)ccc5c4C31CCN(CC1CC1)C2C5. The molecule has 8 rings (SSSR count). The minimum Gasteiger partial charge on any atom is -0.504 e. The quantitative estimate of drug-likeness (QED) is 0.477. The Morgan fingerprint density at radius 1 is 1.22 bits per heavy atom. The molecule has 2 N–H and O–H groups in total. The monoisotopic (exact) mass is 501 g/mol. The highest BCUT2D eigenvalue weighted by molar-refractivity contribution is 5.87. The van der Waals surface area contributed by atoms with Crippen LogP contribution in [0.25, 0.3) is 10.9 Å². The molecule has 3 heterocycles. The molecule has 3 aromatic rings. The van der Waals surface area contributed by atoms with E-state index in [1.54, 1.807) is 6.07 Å². The van der Waals surface area contributed by atoms with Crippen molar-refractivity contribution in [2.75, 3.05) is 19.8 Å². The van der Waals surface area contributed by atoms with Crippen molar-refractivity contribution in [2.45, 2.75) is 68.2 Å². The molecule has 2 fully saturated rings. The van der Waals surface area contributed by atoms with Crippen molar-refractivity contribution in [2.24, 2.45) is 5.92 Å². The number of amides is 1. The standard InChI is InChI=1S/C30H32FN3O3/c31-11-3-12-34-22-5-2-1-4-20(22)21-15-30(32-17-35)24-14-19-8-9-23(36)27-25(19)29(30,28(37-27)26(21)34)10-13-33(24)16-18-6-7-18/h1-2,4-5,8-9,17-18,24,28,36H,3,6-7,10-16H2,(H,32,35)/t24?,28-,29?,30+/m0/s1. The van der Waals surface area contributed by atoms with Crippen LogP contribution < -0.4 is 10.1 Å². The zero-order valence-electron chi connectivity index (χ0n) is 20.9. The number of halogens is 1. The summed E-state index contributed by atoms with van der Waals surface area (Å²) in [6.45, 7) is 2.21. The van der Waals surface area contributed by atoms with Crippen LogP contribution in [-0.4, -0.2) is 52.3 Å². The number of aryl methyl sites for hydroxylation is 1. The zero-order chi connectivity index (χ0) is 24.9. The minimum atomic E-state index is -0.555. The average Bonchev–Trinajstić information content (AvgIpc) is 3.57. The Bertz CT molecular complexity index is 1450. The van der Waals surface area contributed by atoms with Crippen LogP contribution in [0.15, 0.2) is 36.4 Å². The lowest BCUT2D eigenvalue weighted by Gasteiger charge is -2.65. The van der Waals surface area contributed by atoms with Crippen LogP contribution in [0.2, 0.25) is 0 Å². The molecular formula is C30H32FN3O3. The van der Waals surface area contributed by atoms with Gasteiger partial charge < -0.3 is 19.7 Å². The van der Waals surface area contributed by atoms with Crippen molar-refractivity contribution >= 4 is 17.3 Å². The van der Waals surface area contributed by atoms with Crippen LogP contribution >= 0.6 is 0 Å². The molecule has 2 aromatic carbocycles. The number of aromatic nitrogens is 1. The van der Waals surface area contributed by atoms with Crippen molar-refractivity contribution < 1.29 is 19.0 Å². The highest BCUT2D eigenvalue weighted by Crippen LogP contribution is 2.69. The number of likely N-dealkylation sites (tertiary alicyclic amines) is 1. The lowest BCUT2D eigenvalue weighted by atomic mass is 9.47. The first kappa shape index (κ1) is 22.0. The summed E-state index contributed by atoms with van der Waals surface area (Å²) in [5, 5.41) is 15.6. The second kappa shape index (κ2) is 7.50. The molecule has 4 atom stereocenters. The molecule has 6 nitrogen and oxygen atoms in total. The maximum absolute atomic E-state index is 13.5. The van der Waals surface area contributed by atoms with Gasteiger partial charge >= 0.3 is 0 Å². The van der Waals surface area contributed by atoms with Gasteiger partial charge in [-0.1, -0.05) is 24.3 Å². The summed E-state index contributed by atoms with van der Waals surface area (Å²) in [6, 6.07) is 12.3. The normalized spacial score (nSPS) is 31.1. The van der Waals surface area contributed by atoms with E-state index in [9.17, 15) is 14.3 Å². The molecule has 2 unspecified atom stereocenters. The second-order valence-electron chi connectivity index (χ2n) is 11.8. The van der Waals surface area contributed by atoms with Gasteiger partial charge in [0, 0.05) is 42.0 Å². The molecule has 2 bridgehead atoms. The molecule has 0 radical (unpaired) electrons. The van der Waals surface area contributed by atoms with Gasteiger partial charge in [0.05, 0.1) is 23.3 Å². The number of fused-ring (bicyclic) bond motifs is 4. The average molecular weight is 502 g/mol. The van der Waals surface area contributed by atoms with Gasteiger partial charge in [-0.3, -0.25) is 14.1 Å². The Kier molecular flexibility index (Phi) is 4.45. The predicted molar refractivity (Wildman–Crippen MR) is 138 cm³/mol. The number of phenols is 1. The van der Waals surface area contributed by atoms with Crippen LogP contribution in [0, 0.1) is 5.92 Å². The molecule has 1 saturated heterocycles. The number of hydrogen-bond donors (Lipinski definition) is 2. The molecule has 7 heteroatoms. The van der Waals surface area contributed by atoms with E-state index in [2.05, 4.69) is 39.0 Å². The largest absolute Gasteiger partial charge is 0.504 e. The Labute approximate surface area is 215 Å². The maximum Gasteiger partial charge on any atom is 0.207 e. The topological polar surface area (TPSA) is 66.7 Å². The van der Waals surface area contributed by atoms with Crippen molar-refractivity contribution in [3.05, 3.63) is 58.8 Å². The third-order valence-corrected chi connectivity index (χ3v) is 10.2. The smallest absolute Gasteiger partial charge is 0.207 e. The molecule has 1 aromatic heterocycles. The first-order valence-electron chi connectivity index (χ1n) is 13.8. The van der Waals surface area contributed by atoms with Gasteiger partial charge in [-0.05, 0) is 67.8 Å². The lowest BCUT2D eigenvalue weighted by molar-refractivity contribution is -0.121. The van der Waals surface area contributed by atoms with E-state index in [1.807, 2.05) is 6.07 Å². The lowest BCUT2D eigenvalue weighted by Crippen LogP contribution is -2.79. The number of piperidine rings is 1. The van der Waals surface area contributed by atoms with Crippen LogP contribution in [-0.2, 0) is 29.6 Å². The fourth-order valence-electron chi connectivity index (χ4n) is 8.69. The number of hydrogen-bond acceptors (Lipinski definition) is 4. The molecular weight excluding hydrogens is 469 g/mol. The van der Waals surface area contributed by atoms with Crippen molar-refractivity contribution in [1.82, 2.24) is 14.8 Å². The summed E-state index contributed by atoms with van der Waals surface area (Å²) in [7, 11) is 0. The molecule has 2 aliphatic heterocycles. The fraction of sp³-hybridized carbons (Fsp3) is 0.500. The molecule has 1 saturated carbocycles. The predicted octanol–water partition coefficient (Wildman–Crippen LogP) is 4.16. The molecule has 3 aliphatic carbocycles. The molecule has 5 aliphatic rings. The number of aromatic hydroxyl groups is 1. The van der Waals surface area contributed by atoms with Gasteiger partial charge in [0.15, 0.2) is 17.6 Å². The van der Waals surface area contributed by atoms with Crippen LogP contribution in [0.4, 0.5) is 4.39 Å². The molecule has 37 heavy (non-hydrogen) atoms. The number of nitrogens with zero attached hydrogens (tertiary/aromatic N) is 2. The Hall–Kier alpha value is -3.06. The Morgan fingerprint density at radius 3 is 2.89 bits per heavy atom. The van der Waals surface area contributed by atoms with Crippen molar-refractivity contribution in [3.8, 4) is 11.5 Å². The number of rotatable bonds is 7. The van der Waals surface area contributed by atoms with Crippen molar-refractivity contribution in [1.29, 1.82) is 0 Å². The number of carbonyl (C=O) groups is 1. The molecule has 1 amide bonds. The highest BCUT2D eigenvalue weighted by Gasteiger charge is 2.73. The molecule has 192 valence electrons. The summed E-state index contributed by atoms with van der Waals surface area (Å²) < 4.78 is 22.6. The van der Waals surface area contributed by atoms with Crippen LogP contribution in [0.3, 0.4) is 0 Å². The third kappa shape index (κ3) is 2.61. The van der Waals surface area contributed by atoms with Crippen LogP contribution in [0.5, 0.6) is 11.5 Å². The van der Waals surface area contributed by atoms with Gasteiger partial charge in [-0.2, -0.15) is 0 Å². The number of alkyl halides is 1. The summed E-state index contributed by atoms with van der Waals surface area (Å²) in [5.74, 6) is 1.48. The zero-order valence-corrected chi connectivity index (χ0v) is 20.9. The Balaban J connectivity index is 1.44. The summed E-state index contributed by atoms with van der Waals surface area (Å²) in [6.07, 6.45) is 5.91. The van der Waals surface area contributed by atoms with Gasteiger partial charge in [0.1, 0.15) is 0 Å². The third-order valence-electron chi connectivity index (χ3n) is 10.2. The molecule has 1 spiro atoms. The van der Waals surface area contributed by atoms with Gasteiger partial charge in [-0.15, -0.1) is 0 Å². The van der Waals surface area contributed by atoms with Gasteiger partial charge in [-0.25, -0.2) is 0 Å². The van der Waals surface area contributed by atoms with Crippen LogP contribution in [0.1, 0.15) is 54.2 Å². The maximum atomic E-state index is 13.5. The minimum absolute atomic E-state index is 0.141. The van der Waals surface area contributed by atoms with E-state index >= 15 is 0 Å². The first-order chi connectivity index (χ1) is 18.1. The number of ether oxygens (including phenoxy) is 1. The Morgan fingerprint density at radius 2 is 2.08 bits per heavy atom. The van der Waals surface area contributed by atoms with E-state index in [0.29, 0.717) is 25.1 Å². The summed E-state index contributed by atoms with van der Waals surface area (Å²) in [4.78, 5) is 15.1. The number of para-hydroxylation sites is 1. The van der Waals surface area contributed by atoms with E-state index < -0.39 is 11.0 Å². The van der Waals surface area contributed by atoms with Gasteiger partial charge in [0.2, 0.25) is 6.41 Å². The fourth-order valence-corrected chi connectivity index (χ4v) is 8.69. The second-order valence-corrected chi connectivity index (χ2v) is 11.8. The number of phenolic OH excluding ortho intramolecular Hbond substituents is 1. The van der Waals surface area contributed by atoms with Crippen molar-refractivity contribution in [3.63, 3.8) is 0 Å². The number of nitrogens with one attached hydrogen (secondary N) is 1. The first-order valence-corrected chi connectivity index (χ1v) is 13.8. The van der Waals surface area contributed by atoms with E-state index in [4.69, 9.17) is 4.74 Å². The summed E-state index contributed by atoms with van der Waals surface area (Å²) in [5.41, 5.74) is 4.64. The van der Waals surface area contributed by atoms with E-state index in [1.165, 1.54) is 24.0 Å². The summed E-state index contributed by atoms with van der Waals surface area (Å²) >= 11 is 0. The highest BCUT2D eigenvalue weighted by atomic mass is 19.1. The van der Waals surface area contributed by atoms with E-state index in [-0.39, 0.29) is 24.6 Å². The van der Waals surface area contributed by atoms with Gasteiger partial charge in [0.25, 0.3) is 0 Å². The number of benzene rings is 2. The van der Waals surface area contributed by atoms with E-state index in [0.717, 1.165) is 60.4 Å².